The lowest BCUT2D eigenvalue weighted by atomic mass is 10.3. The third-order valence-electron chi connectivity index (χ3n) is 2.27. The molecule has 0 radical (unpaired) electrons. The van der Waals surface area contributed by atoms with Gasteiger partial charge in [-0.15, -0.1) is 5.10 Å². The number of rotatable bonds is 5. The van der Waals surface area contributed by atoms with Crippen LogP contribution < -0.4 is 5.32 Å². The molecule has 106 valence electrons. The van der Waals surface area contributed by atoms with E-state index in [1.54, 1.807) is 13.8 Å². The quantitative estimate of drug-likeness (QED) is 0.645. The molecule has 0 bridgehead atoms. The van der Waals surface area contributed by atoms with E-state index in [0.29, 0.717) is 26.7 Å². The molecule has 0 fully saturated rings. The number of anilines is 1. The molecule has 0 atom stereocenters. The zero-order valence-electron chi connectivity index (χ0n) is 11.2. The van der Waals surface area contributed by atoms with Crippen molar-refractivity contribution in [3.05, 3.63) is 16.4 Å². The van der Waals surface area contributed by atoms with Crippen molar-refractivity contribution >= 4 is 39.9 Å². The Labute approximate surface area is 123 Å². The fourth-order valence-electron chi connectivity index (χ4n) is 1.45. The average Bonchev–Trinajstić information content (AvgIpc) is 2.93. The van der Waals surface area contributed by atoms with E-state index >= 15 is 0 Å². The Morgan fingerprint density at radius 1 is 1.35 bits per heavy atom. The summed E-state index contributed by atoms with van der Waals surface area (Å²) in [6, 6.07) is 0. The number of nitrogens with zero attached hydrogens (tertiary/aromatic N) is 3. The van der Waals surface area contributed by atoms with Crippen LogP contribution in [0.25, 0.3) is 0 Å². The Kier molecular flexibility index (Phi) is 4.50. The van der Waals surface area contributed by atoms with E-state index in [0.717, 1.165) is 0 Å². The second-order valence-electron chi connectivity index (χ2n) is 4.03. The summed E-state index contributed by atoms with van der Waals surface area (Å²) in [4.78, 5) is 31.9. The second-order valence-corrected chi connectivity index (χ2v) is 5.97. The molecule has 0 saturated heterocycles. The van der Waals surface area contributed by atoms with Gasteiger partial charge in [-0.25, -0.2) is 9.97 Å². The molecule has 0 spiro atoms. The summed E-state index contributed by atoms with van der Waals surface area (Å²) in [5.41, 5.74) is 0.634. The number of aryl methyl sites for hydroxylation is 2. The van der Waals surface area contributed by atoms with Crippen molar-refractivity contribution in [1.29, 1.82) is 0 Å². The molecule has 0 aliphatic carbocycles. The number of thioether (sulfide) groups is 1. The fraction of sp³-hybridized carbons (Fsp3) is 0.364. The van der Waals surface area contributed by atoms with Gasteiger partial charge in [0.15, 0.2) is 10.9 Å². The van der Waals surface area contributed by atoms with Gasteiger partial charge in [-0.05, 0) is 13.8 Å². The molecule has 0 saturated carbocycles. The highest BCUT2D eigenvalue weighted by molar-refractivity contribution is 7.99. The van der Waals surface area contributed by atoms with Crippen LogP contribution in [0, 0.1) is 13.8 Å². The lowest BCUT2D eigenvalue weighted by Crippen LogP contribution is -2.13. The molecule has 2 rings (SSSR count). The van der Waals surface area contributed by atoms with Crippen LogP contribution in [0.1, 0.15) is 28.1 Å². The maximum absolute atomic E-state index is 11.8. The monoisotopic (exact) mass is 311 g/mol. The number of aromatic amines is 1. The van der Waals surface area contributed by atoms with Gasteiger partial charge in [0.2, 0.25) is 11.1 Å². The molecule has 0 unspecified atom stereocenters. The number of carbonyl (C=O) groups is 2. The number of carbonyl (C=O) groups excluding carboxylic acids is 2. The highest BCUT2D eigenvalue weighted by Crippen LogP contribution is 2.23. The van der Waals surface area contributed by atoms with Crippen molar-refractivity contribution in [3.63, 3.8) is 0 Å². The van der Waals surface area contributed by atoms with Gasteiger partial charge >= 0.3 is 0 Å². The van der Waals surface area contributed by atoms with Crippen molar-refractivity contribution in [2.75, 3.05) is 11.1 Å². The molecule has 7 nitrogen and oxygen atoms in total. The van der Waals surface area contributed by atoms with E-state index in [4.69, 9.17) is 0 Å². The van der Waals surface area contributed by atoms with Crippen molar-refractivity contribution in [2.45, 2.75) is 25.9 Å². The summed E-state index contributed by atoms with van der Waals surface area (Å²) >= 11 is 2.41. The number of hydrogen-bond acceptors (Lipinski definition) is 7. The van der Waals surface area contributed by atoms with Gasteiger partial charge in [0.25, 0.3) is 0 Å². The number of H-pyrrole nitrogens is 1. The van der Waals surface area contributed by atoms with Crippen LogP contribution in [0.5, 0.6) is 0 Å². The summed E-state index contributed by atoms with van der Waals surface area (Å²) < 4.78 is 0. The van der Waals surface area contributed by atoms with Gasteiger partial charge in [-0.1, -0.05) is 23.1 Å². The van der Waals surface area contributed by atoms with Crippen molar-refractivity contribution in [2.24, 2.45) is 0 Å². The standard InChI is InChI=1S/C11H13N5O2S2/c1-5-9(6(2)17)20-10(12-5)14-8(18)4-19-11-13-7(3)15-16-11/h4H2,1-3H3,(H,12,14,18)(H,13,15,16). The Balaban J connectivity index is 1.91. The predicted octanol–water partition coefficient (Wildman–Crippen LogP) is 1.81. The molecular formula is C11H13N5O2S2. The molecule has 2 N–H and O–H groups in total. The molecule has 2 aromatic rings. The van der Waals surface area contributed by atoms with Crippen LogP contribution in [0.15, 0.2) is 5.16 Å². The zero-order valence-corrected chi connectivity index (χ0v) is 12.8. The lowest BCUT2D eigenvalue weighted by molar-refractivity contribution is -0.113. The fourth-order valence-corrected chi connectivity index (χ4v) is 2.97. The van der Waals surface area contributed by atoms with Crippen molar-refractivity contribution < 1.29 is 9.59 Å². The number of aromatic nitrogens is 4. The maximum Gasteiger partial charge on any atom is 0.236 e. The molecule has 9 heteroatoms. The van der Waals surface area contributed by atoms with E-state index in [1.807, 2.05) is 0 Å². The first kappa shape index (κ1) is 14.7. The molecular weight excluding hydrogens is 298 g/mol. The first-order chi connectivity index (χ1) is 9.45. The molecule has 1 amide bonds. The first-order valence-electron chi connectivity index (χ1n) is 5.75. The third kappa shape index (κ3) is 3.64. The summed E-state index contributed by atoms with van der Waals surface area (Å²) in [6.45, 7) is 5.01. The van der Waals surface area contributed by atoms with Crippen LogP contribution in [0.2, 0.25) is 0 Å². The topological polar surface area (TPSA) is 101 Å². The molecule has 0 aliphatic rings. The van der Waals surface area contributed by atoms with Gasteiger partial charge < -0.3 is 5.32 Å². The summed E-state index contributed by atoms with van der Waals surface area (Å²) in [5.74, 6) is 0.632. The summed E-state index contributed by atoms with van der Waals surface area (Å²) in [5, 5.41) is 10.3. The predicted molar refractivity (Wildman–Crippen MR) is 77.3 cm³/mol. The van der Waals surface area contributed by atoms with Crippen molar-refractivity contribution in [3.8, 4) is 0 Å². The van der Waals surface area contributed by atoms with E-state index in [-0.39, 0.29) is 17.4 Å². The number of thiazole rings is 1. The summed E-state index contributed by atoms with van der Waals surface area (Å²) in [6.07, 6.45) is 0. The number of ketones is 1. The SMILES string of the molecule is CC(=O)c1sc(NC(=O)CSc2n[nH]c(C)n2)nc1C. The molecule has 20 heavy (non-hydrogen) atoms. The molecule has 2 heterocycles. The zero-order chi connectivity index (χ0) is 14.7. The highest BCUT2D eigenvalue weighted by atomic mass is 32.2. The smallest absolute Gasteiger partial charge is 0.236 e. The Hall–Kier alpha value is -1.74. The van der Waals surface area contributed by atoms with Gasteiger partial charge in [0.1, 0.15) is 5.82 Å². The minimum atomic E-state index is -0.207. The Morgan fingerprint density at radius 2 is 2.10 bits per heavy atom. The van der Waals surface area contributed by atoms with Gasteiger partial charge in [-0.2, -0.15) is 0 Å². The lowest BCUT2D eigenvalue weighted by Gasteiger charge is -1.98. The maximum atomic E-state index is 11.8. The van der Waals surface area contributed by atoms with Gasteiger partial charge in [0.05, 0.1) is 16.3 Å². The number of hydrogen-bond donors (Lipinski definition) is 2. The normalized spacial score (nSPS) is 10.6. The Morgan fingerprint density at radius 3 is 2.65 bits per heavy atom. The van der Waals surface area contributed by atoms with Crippen LogP contribution >= 0.6 is 23.1 Å². The molecule has 2 aromatic heterocycles. The molecule has 0 aliphatic heterocycles. The minimum Gasteiger partial charge on any atom is -0.301 e. The first-order valence-corrected chi connectivity index (χ1v) is 7.56. The Bertz CT molecular complexity index is 649. The largest absolute Gasteiger partial charge is 0.301 e. The van der Waals surface area contributed by atoms with Crippen LogP contribution in [-0.4, -0.2) is 37.6 Å². The minimum absolute atomic E-state index is 0.0499. The summed E-state index contributed by atoms with van der Waals surface area (Å²) in [7, 11) is 0. The van der Waals surface area contributed by atoms with Gasteiger partial charge in [-0.3, -0.25) is 14.7 Å². The van der Waals surface area contributed by atoms with Crippen molar-refractivity contribution in [1.82, 2.24) is 20.2 Å². The van der Waals surface area contributed by atoms with Crippen LogP contribution in [-0.2, 0) is 4.79 Å². The number of Topliss-reactive ketones (excluding diaryl/α,β-unsaturated/α-hetero) is 1. The number of nitrogens with one attached hydrogen (secondary N) is 2. The van der Waals surface area contributed by atoms with E-state index < -0.39 is 0 Å². The average molecular weight is 311 g/mol. The molecule has 0 aromatic carbocycles. The third-order valence-corrected chi connectivity index (χ3v) is 4.29. The van der Waals surface area contributed by atoms with Crippen LogP contribution in [0.4, 0.5) is 5.13 Å². The second kappa shape index (κ2) is 6.14. The van der Waals surface area contributed by atoms with Crippen LogP contribution in [0.3, 0.4) is 0 Å². The van der Waals surface area contributed by atoms with E-state index in [1.165, 1.54) is 30.0 Å². The van der Waals surface area contributed by atoms with E-state index in [2.05, 4.69) is 25.5 Å². The highest BCUT2D eigenvalue weighted by Gasteiger charge is 2.14. The van der Waals surface area contributed by atoms with Gasteiger partial charge in [0, 0.05) is 6.92 Å². The van der Waals surface area contributed by atoms with E-state index in [9.17, 15) is 9.59 Å². The number of amides is 1.